The van der Waals surface area contributed by atoms with E-state index in [2.05, 4.69) is 0 Å². The van der Waals surface area contributed by atoms with Crippen LogP contribution in [0.15, 0.2) is 44.2 Å². The van der Waals surface area contributed by atoms with Crippen LogP contribution in [0.1, 0.15) is 13.8 Å². The van der Waals surface area contributed by atoms with E-state index in [1.165, 1.54) is 19.4 Å². The predicted molar refractivity (Wildman–Crippen MR) is 84.8 cm³/mol. The molecule has 0 saturated carbocycles. The number of hydrogen-bond donors (Lipinski definition) is 1. The van der Waals surface area contributed by atoms with Crippen LogP contribution < -0.4 is 10.4 Å². The molecule has 0 aliphatic rings. The van der Waals surface area contributed by atoms with Gasteiger partial charge in [-0.1, -0.05) is 0 Å². The average molecular weight is 318 g/mol. The number of benzene rings is 1. The molecule has 0 aliphatic heterocycles. The van der Waals surface area contributed by atoms with Crippen molar-refractivity contribution < 1.29 is 23.4 Å². The van der Waals surface area contributed by atoms with Gasteiger partial charge >= 0.3 is 5.63 Å². The van der Waals surface area contributed by atoms with Gasteiger partial charge in [0, 0.05) is 19.2 Å². The van der Waals surface area contributed by atoms with Crippen LogP contribution in [0, 0.1) is 0 Å². The van der Waals surface area contributed by atoms with E-state index in [1.807, 2.05) is 0 Å². The van der Waals surface area contributed by atoms with E-state index in [0.29, 0.717) is 22.3 Å². The van der Waals surface area contributed by atoms with Crippen LogP contribution in [0.2, 0.25) is 0 Å². The summed E-state index contributed by atoms with van der Waals surface area (Å²) in [6, 6.07) is 6.42. The zero-order valence-corrected chi connectivity index (χ0v) is 13.2. The van der Waals surface area contributed by atoms with Gasteiger partial charge in [0.15, 0.2) is 0 Å². The molecule has 0 spiro atoms. The Morgan fingerprint density at radius 3 is 2.65 bits per heavy atom. The van der Waals surface area contributed by atoms with Gasteiger partial charge in [-0.2, -0.15) is 0 Å². The largest absolute Gasteiger partial charge is 0.489 e. The molecule has 23 heavy (non-hydrogen) atoms. The lowest BCUT2D eigenvalue weighted by atomic mass is 10.0. The lowest BCUT2D eigenvalue weighted by Crippen LogP contribution is -2.41. The molecule has 3 rings (SSSR count). The standard InChI is InChI=1S/C17H18O6/c1-17(2,19)14(20-3)9-22-16-10-4-5-15(18)23-13(10)8-12-11(16)6-7-21-12/h4-8,14,19H,9H2,1-3H3/t14-/m0/s1. The Balaban J connectivity index is 2.07. The smallest absolute Gasteiger partial charge is 0.336 e. The Kier molecular flexibility index (Phi) is 3.87. The molecule has 6 heteroatoms. The van der Waals surface area contributed by atoms with Crippen molar-refractivity contribution in [3.63, 3.8) is 0 Å². The van der Waals surface area contributed by atoms with E-state index in [9.17, 15) is 9.90 Å². The summed E-state index contributed by atoms with van der Waals surface area (Å²) in [5.74, 6) is 0.529. The number of fused-ring (bicyclic) bond motifs is 2. The highest BCUT2D eigenvalue weighted by Gasteiger charge is 2.28. The highest BCUT2D eigenvalue weighted by Crippen LogP contribution is 2.35. The summed E-state index contributed by atoms with van der Waals surface area (Å²) < 4.78 is 21.8. The fourth-order valence-electron chi connectivity index (χ4n) is 2.49. The van der Waals surface area contributed by atoms with Gasteiger partial charge in [0.25, 0.3) is 0 Å². The van der Waals surface area contributed by atoms with Crippen molar-refractivity contribution in [3.05, 3.63) is 40.9 Å². The first kappa shape index (κ1) is 15.6. The molecular formula is C17H18O6. The third kappa shape index (κ3) is 2.95. The van der Waals surface area contributed by atoms with Crippen molar-refractivity contribution in [3.8, 4) is 5.75 Å². The first-order valence-electron chi connectivity index (χ1n) is 7.22. The van der Waals surface area contributed by atoms with Crippen molar-refractivity contribution in [2.24, 2.45) is 0 Å². The van der Waals surface area contributed by atoms with E-state index in [0.717, 1.165) is 5.39 Å². The normalized spacial score (nSPS) is 13.6. The Bertz CT molecular complexity index is 883. The van der Waals surface area contributed by atoms with Gasteiger partial charge in [-0.25, -0.2) is 4.79 Å². The van der Waals surface area contributed by atoms with Crippen LogP contribution >= 0.6 is 0 Å². The number of rotatable bonds is 5. The van der Waals surface area contributed by atoms with E-state index in [4.69, 9.17) is 18.3 Å². The summed E-state index contributed by atoms with van der Waals surface area (Å²) in [5, 5.41) is 11.5. The zero-order chi connectivity index (χ0) is 16.6. The molecule has 6 nitrogen and oxygen atoms in total. The van der Waals surface area contributed by atoms with E-state index >= 15 is 0 Å². The first-order chi connectivity index (χ1) is 10.9. The second kappa shape index (κ2) is 5.72. The molecule has 0 radical (unpaired) electrons. The number of hydrogen-bond acceptors (Lipinski definition) is 6. The SMILES string of the molecule is CO[C@@H](COc1c2ccoc2cc2oc(=O)ccc12)C(C)(C)O. The van der Waals surface area contributed by atoms with Gasteiger partial charge in [-0.05, 0) is 26.0 Å². The molecule has 0 amide bonds. The van der Waals surface area contributed by atoms with Crippen LogP contribution in [-0.4, -0.2) is 30.5 Å². The second-order valence-corrected chi connectivity index (χ2v) is 5.89. The monoisotopic (exact) mass is 318 g/mol. The van der Waals surface area contributed by atoms with Crippen molar-refractivity contribution in [1.82, 2.24) is 0 Å². The fraction of sp³-hybridized carbons (Fsp3) is 0.353. The lowest BCUT2D eigenvalue weighted by Gasteiger charge is -2.28. The van der Waals surface area contributed by atoms with Crippen molar-refractivity contribution >= 4 is 21.9 Å². The quantitative estimate of drug-likeness (QED) is 0.728. The maximum Gasteiger partial charge on any atom is 0.336 e. The molecule has 1 aromatic carbocycles. The fourth-order valence-corrected chi connectivity index (χ4v) is 2.49. The molecular weight excluding hydrogens is 300 g/mol. The Morgan fingerprint density at radius 1 is 1.22 bits per heavy atom. The summed E-state index contributed by atoms with van der Waals surface area (Å²) in [4.78, 5) is 11.4. The minimum atomic E-state index is -1.05. The molecule has 2 aromatic heterocycles. The van der Waals surface area contributed by atoms with Crippen LogP contribution in [-0.2, 0) is 4.74 Å². The predicted octanol–water partition coefficient (Wildman–Crippen LogP) is 2.70. The van der Waals surface area contributed by atoms with Crippen LogP contribution in [0.25, 0.3) is 21.9 Å². The van der Waals surface area contributed by atoms with Crippen molar-refractivity contribution in [1.29, 1.82) is 0 Å². The first-order valence-corrected chi connectivity index (χ1v) is 7.22. The third-order valence-corrected chi connectivity index (χ3v) is 3.76. The average Bonchev–Trinajstić information content (AvgIpc) is 2.93. The van der Waals surface area contributed by atoms with Crippen LogP contribution in [0.3, 0.4) is 0 Å². The Labute approximate surface area is 132 Å². The Hall–Kier alpha value is -2.31. The van der Waals surface area contributed by atoms with E-state index in [-0.39, 0.29) is 6.61 Å². The van der Waals surface area contributed by atoms with Gasteiger partial charge in [0.05, 0.1) is 22.6 Å². The van der Waals surface area contributed by atoms with Gasteiger partial charge in [0.2, 0.25) is 0 Å². The van der Waals surface area contributed by atoms with Crippen molar-refractivity contribution in [2.45, 2.75) is 25.6 Å². The second-order valence-electron chi connectivity index (χ2n) is 5.89. The highest BCUT2D eigenvalue weighted by molar-refractivity contribution is 6.01. The summed E-state index contributed by atoms with van der Waals surface area (Å²) >= 11 is 0. The molecule has 2 heterocycles. The highest BCUT2D eigenvalue weighted by atomic mass is 16.5. The van der Waals surface area contributed by atoms with Gasteiger partial charge in [-0.15, -0.1) is 0 Å². The molecule has 3 aromatic rings. The summed E-state index contributed by atoms with van der Waals surface area (Å²) in [6.45, 7) is 3.44. The number of furan rings is 1. The molecule has 0 aliphatic carbocycles. The van der Waals surface area contributed by atoms with Gasteiger partial charge < -0.3 is 23.4 Å². The minimum absolute atomic E-state index is 0.137. The van der Waals surface area contributed by atoms with Crippen LogP contribution in [0.5, 0.6) is 5.75 Å². The maximum atomic E-state index is 11.4. The number of aliphatic hydroxyl groups is 1. The molecule has 1 N–H and O–H groups in total. The third-order valence-electron chi connectivity index (χ3n) is 3.76. The van der Waals surface area contributed by atoms with E-state index < -0.39 is 17.3 Å². The molecule has 0 saturated heterocycles. The summed E-state index contributed by atoms with van der Waals surface area (Å²) in [6.07, 6.45) is 1.02. The summed E-state index contributed by atoms with van der Waals surface area (Å²) in [5.41, 5.74) is -0.562. The molecule has 0 fully saturated rings. The molecule has 1 atom stereocenters. The van der Waals surface area contributed by atoms with Crippen LogP contribution in [0.4, 0.5) is 0 Å². The number of ether oxygens (including phenoxy) is 2. The zero-order valence-electron chi connectivity index (χ0n) is 13.2. The molecule has 0 unspecified atom stereocenters. The number of methoxy groups -OCH3 is 1. The topological polar surface area (TPSA) is 82.0 Å². The summed E-state index contributed by atoms with van der Waals surface area (Å²) in [7, 11) is 1.52. The molecule has 122 valence electrons. The maximum absolute atomic E-state index is 11.4. The van der Waals surface area contributed by atoms with Gasteiger partial charge in [0.1, 0.15) is 29.6 Å². The van der Waals surface area contributed by atoms with Crippen molar-refractivity contribution in [2.75, 3.05) is 13.7 Å². The van der Waals surface area contributed by atoms with Gasteiger partial charge in [-0.3, -0.25) is 0 Å². The lowest BCUT2D eigenvalue weighted by molar-refractivity contribution is -0.0863. The minimum Gasteiger partial charge on any atom is -0.489 e. The Morgan fingerprint density at radius 2 is 1.96 bits per heavy atom. The molecule has 0 bridgehead atoms. The van der Waals surface area contributed by atoms with E-state index in [1.54, 1.807) is 32.0 Å².